The van der Waals surface area contributed by atoms with Crippen LogP contribution in [-0.4, -0.2) is 36.1 Å². The first kappa shape index (κ1) is 19.8. The average Bonchev–Trinajstić information content (AvgIpc) is 2.68. The molecule has 7 nitrogen and oxygen atoms in total. The first-order valence-corrected chi connectivity index (χ1v) is 9.79. The zero-order chi connectivity index (χ0) is 19.9. The van der Waals surface area contributed by atoms with Crippen molar-refractivity contribution in [2.75, 3.05) is 23.8 Å². The summed E-state index contributed by atoms with van der Waals surface area (Å²) in [5, 5.41) is 7.78. The normalized spacial score (nSPS) is 15.2. The average molecular weight is 399 g/mol. The molecule has 0 saturated carbocycles. The van der Waals surface area contributed by atoms with E-state index in [1.54, 1.807) is 24.3 Å². The van der Waals surface area contributed by atoms with Crippen molar-refractivity contribution in [3.05, 3.63) is 48.5 Å². The second kappa shape index (κ2) is 9.27. The van der Waals surface area contributed by atoms with Gasteiger partial charge in [0.15, 0.2) is 6.61 Å². The standard InChI is InChI=1S/C20H21N3O4S/c1-2-21-19(25)12-27-14-9-7-13(8-10-14)22-18(24)11-17-20(26)23-15-5-3-4-6-16(15)28-17/h3-10,17H,2,11-12H2,1H3,(H,21,25)(H,22,24)(H,23,26). The predicted molar refractivity (Wildman–Crippen MR) is 109 cm³/mol. The van der Waals surface area contributed by atoms with E-state index in [0.29, 0.717) is 18.0 Å². The highest BCUT2D eigenvalue weighted by Gasteiger charge is 2.28. The van der Waals surface area contributed by atoms with Crippen molar-refractivity contribution in [3.8, 4) is 5.75 Å². The zero-order valence-corrected chi connectivity index (χ0v) is 16.2. The molecule has 0 saturated heterocycles. The van der Waals surface area contributed by atoms with Gasteiger partial charge in [0.05, 0.1) is 10.9 Å². The summed E-state index contributed by atoms with van der Waals surface area (Å²) in [6.45, 7) is 2.33. The molecular formula is C20H21N3O4S. The third-order valence-corrected chi connectivity index (χ3v) is 5.23. The molecule has 1 unspecified atom stereocenters. The van der Waals surface area contributed by atoms with Crippen LogP contribution in [-0.2, 0) is 14.4 Å². The van der Waals surface area contributed by atoms with Crippen molar-refractivity contribution >= 4 is 40.9 Å². The van der Waals surface area contributed by atoms with Crippen LogP contribution in [0.2, 0.25) is 0 Å². The fraction of sp³-hybridized carbons (Fsp3) is 0.250. The molecule has 8 heteroatoms. The van der Waals surface area contributed by atoms with E-state index < -0.39 is 5.25 Å². The van der Waals surface area contributed by atoms with Crippen molar-refractivity contribution in [3.63, 3.8) is 0 Å². The summed E-state index contributed by atoms with van der Waals surface area (Å²) in [4.78, 5) is 36.9. The van der Waals surface area contributed by atoms with E-state index in [1.807, 2.05) is 31.2 Å². The number of carbonyl (C=O) groups excluding carboxylic acids is 3. The highest BCUT2D eigenvalue weighted by atomic mass is 32.2. The number of nitrogens with one attached hydrogen (secondary N) is 3. The molecule has 1 atom stereocenters. The lowest BCUT2D eigenvalue weighted by atomic mass is 10.2. The Hall–Kier alpha value is -3.00. The number of amides is 3. The van der Waals surface area contributed by atoms with E-state index in [0.717, 1.165) is 10.6 Å². The van der Waals surface area contributed by atoms with Crippen molar-refractivity contribution in [2.24, 2.45) is 0 Å². The van der Waals surface area contributed by atoms with Crippen LogP contribution in [0.4, 0.5) is 11.4 Å². The lowest BCUT2D eigenvalue weighted by Crippen LogP contribution is -2.32. The quantitative estimate of drug-likeness (QED) is 0.665. The molecule has 0 bridgehead atoms. The Kier molecular flexibility index (Phi) is 6.54. The fourth-order valence-electron chi connectivity index (χ4n) is 2.64. The van der Waals surface area contributed by atoms with Gasteiger partial charge < -0.3 is 20.7 Å². The van der Waals surface area contributed by atoms with Gasteiger partial charge in [-0.1, -0.05) is 12.1 Å². The number of para-hydroxylation sites is 1. The topological polar surface area (TPSA) is 96.5 Å². The molecular weight excluding hydrogens is 378 g/mol. The molecule has 0 spiro atoms. The third kappa shape index (κ3) is 5.26. The van der Waals surface area contributed by atoms with Crippen molar-refractivity contribution in [1.29, 1.82) is 0 Å². The van der Waals surface area contributed by atoms with Gasteiger partial charge in [0.1, 0.15) is 5.75 Å². The van der Waals surface area contributed by atoms with Gasteiger partial charge in [0.2, 0.25) is 11.8 Å². The first-order chi connectivity index (χ1) is 13.5. The minimum absolute atomic E-state index is 0.0605. The Morgan fingerprint density at radius 1 is 1.11 bits per heavy atom. The minimum atomic E-state index is -0.477. The molecule has 0 aliphatic carbocycles. The molecule has 1 aliphatic heterocycles. The largest absolute Gasteiger partial charge is 0.484 e. The van der Waals surface area contributed by atoms with Crippen molar-refractivity contribution < 1.29 is 19.1 Å². The summed E-state index contributed by atoms with van der Waals surface area (Å²) in [5.41, 5.74) is 1.37. The van der Waals surface area contributed by atoms with Gasteiger partial charge in [-0.05, 0) is 43.3 Å². The molecule has 146 valence electrons. The van der Waals surface area contributed by atoms with Crippen LogP contribution in [0, 0.1) is 0 Å². The summed E-state index contributed by atoms with van der Waals surface area (Å²) < 4.78 is 5.37. The Morgan fingerprint density at radius 3 is 2.61 bits per heavy atom. The van der Waals surface area contributed by atoms with E-state index in [9.17, 15) is 14.4 Å². The van der Waals surface area contributed by atoms with E-state index >= 15 is 0 Å². The number of thioether (sulfide) groups is 1. The second-order valence-corrected chi connectivity index (χ2v) is 7.36. The third-order valence-electron chi connectivity index (χ3n) is 3.96. The van der Waals surface area contributed by atoms with E-state index in [1.165, 1.54) is 11.8 Å². The summed E-state index contributed by atoms with van der Waals surface area (Å²) in [7, 11) is 0. The number of likely N-dealkylation sites (N-methyl/N-ethyl adjacent to an activating group) is 1. The van der Waals surface area contributed by atoms with Gasteiger partial charge in [0.25, 0.3) is 5.91 Å². The molecule has 28 heavy (non-hydrogen) atoms. The molecule has 3 rings (SSSR count). The van der Waals surface area contributed by atoms with Gasteiger partial charge in [-0.25, -0.2) is 0 Å². The number of fused-ring (bicyclic) bond motifs is 1. The van der Waals surface area contributed by atoms with Crippen molar-refractivity contribution in [2.45, 2.75) is 23.5 Å². The summed E-state index contributed by atoms with van der Waals surface area (Å²) in [6.07, 6.45) is 0.0697. The van der Waals surface area contributed by atoms with Crippen LogP contribution in [0.25, 0.3) is 0 Å². The van der Waals surface area contributed by atoms with Gasteiger partial charge in [0, 0.05) is 23.5 Å². The predicted octanol–water partition coefficient (Wildman–Crippen LogP) is 2.64. The molecule has 2 aromatic rings. The maximum Gasteiger partial charge on any atom is 0.257 e. The summed E-state index contributed by atoms with van der Waals surface area (Å²) >= 11 is 1.39. The van der Waals surface area contributed by atoms with Crippen LogP contribution < -0.4 is 20.7 Å². The molecule has 1 aliphatic rings. The molecule has 0 fully saturated rings. The van der Waals surface area contributed by atoms with Crippen LogP contribution in [0.15, 0.2) is 53.4 Å². The first-order valence-electron chi connectivity index (χ1n) is 8.91. The SMILES string of the molecule is CCNC(=O)COc1ccc(NC(=O)CC2Sc3ccccc3NC2=O)cc1. The highest BCUT2D eigenvalue weighted by Crippen LogP contribution is 2.36. The molecule has 3 amide bonds. The monoisotopic (exact) mass is 399 g/mol. The van der Waals surface area contributed by atoms with Crippen LogP contribution in [0.5, 0.6) is 5.75 Å². The number of benzene rings is 2. The molecule has 2 aromatic carbocycles. The van der Waals surface area contributed by atoms with Crippen LogP contribution in [0.3, 0.4) is 0 Å². The summed E-state index contributed by atoms with van der Waals surface area (Å²) in [6, 6.07) is 14.2. The van der Waals surface area contributed by atoms with Crippen molar-refractivity contribution in [1.82, 2.24) is 5.32 Å². The Bertz CT molecular complexity index is 870. The van der Waals surface area contributed by atoms with Gasteiger partial charge >= 0.3 is 0 Å². The maximum absolute atomic E-state index is 12.3. The Morgan fingerprint density at radius 2 is 1.86 bits per heavy atom. The van der Waals surface area contributed by atoms with E-state index in [2.05, 4.69) is 16.0 Å². The fourth-order valence-corrected chi connectivity index (χ4v) is 3.75. The number of carbonyl (C=O) groups is 3. The number of rotatable bonds is 7. The molecule has 0 radical (unpaired) electrons. The lowest BCUT2D eigenvalue weighted by molar-refractivity contribution is -0.123. The maximum atomic E-state index is 12.3. The zero-order valence-electron chi connectivity index (χ0n) is 15.4. The molecule has 0 aromatic heterocycles. The minimum Gasteiger partial charge on any atom is -0.484 e. The number of hydrogen-bond acceptors (Lipinski definition) is 5. The highest BCUT2D eigenvalue weighted by molar-refractivity contribution is 8.01. The molecule has 3 N–H and O–H groups in total. The van der Waals surface area contributed by atoms with Gasteiger partial charge in [-0.15, -0.1) is 11.8 Å². The summed E-state index contributed by atoms with van der Waals surface area (Å²) in [5.74, 6) is -0.0799. The van der Waals surface area contributed by atoms with E-state index in [-0.39, 0.29) is 30.7 Å². The molecule has 1 heterocycles. The second-order valence-electron chi connectivity index (χ2n) is 6.11. The van der Waals surface area contributed by atoms with Crippen LogP contribution >= 0.6 is 11.8 Å². The Labute approximate surface area is 167 Å². The van der Waals surface area contributed by atoms with Crippen LogP contribution in [0.1, 0.15) is 13.3 Å². The number of ether oxygens (including phenoxy) is 1. The number of anilines is 2. The lowest BCUT2D eigenvalue weighted by Gasteiger charge is -2.23. The van der Waals surface area contributed by atoms with Gasteiger partial charge in [-0.2, -0.15) is 0 Å². The van der Waals surface area contributed by atoms with Gasteiger partial charge in [-0.3, -0.25) is 14.4 Å². The Balaban J connectivity index is 1.51. The van der Waals surface area contributed by atoms with E-state index in [4.69, 9.17) is 4.74 Å². The number of hydrogen-bond donors (Lipinski definition) is 3. The smallest absolute Gasteiger partial charge is 0.257 e.